The molecule has 1 amide bonds. The molecule has 3 N–H and O–H groups in total. The number of allylic oxidation sites excluding steroid dienone is 3. The van der Waals surface area contributed by atoms with Gasteiger partial charge in [-0.25, -0.2) is 4.39 Å². The summed E-state index contributed by atoms with van der Waals surface area (Å²) in [7, 11) is 0. The summed E-state index contributed by atoms with van der Waals surface area (Å²) in [4.78, 5) is 27.2. The quantitative estimate of drug-likeness (QED) is 0.342. The summed E-state index contributed by atoms with van der Waals surface area (Å²) in [5.41, 5.74) is 8.73. The molecule has 1 aliphatic heterocycles. The maximum absolute atomic E-state index is 15.0. The monoisotopic (exact) mass is 635 g/mol. The van der Waals surface area contributed by atoms with Gasteiger partial charge >= 0.3 is 0 Å². The lowest BCUT2D eigenvalue weighted by Crippen LogP contribution is -2.38. The zero-order valence-electron chi connectivity index (χ0n) is 20.6. The molecule has 40 heavy (non-hydrogen) atoms. The van der Waals surface area contributed by atoms with Crippen molar-refractivity contribution in [1.82, 2.24) is 10.2 Å². The van der Waals surface area contributed by atoms with Crippen molar-refractivity contribution in [3.8, 4) is 12.1 Å². The average Bonchev–Trinajstić information content (AvgIpc) is 3.41. The normalized spacial score (nSPS) is 16.9. The second-order valence-corrected chi connectivity index (χ2v) is 12.0. The first-order chi connectivity index (χ1) is 19.3. The predicted molar refractivity (Wildman–Crippen MR) is 152 cm³/mol. The largest absolute Gasteiger partial charge is 0.384 e. The highest BCUT2D eigenvalue weighted by Gasteiger charge is 2.42. The number of nitrogens with zero attached hydrogens (tertiary/aromatic N) is 5. The lowest BCUT2D eigenvalue weighted by Gasteiger charge is -2.38. The molecule has 0 bridgehead atoms. The third-order valence-corrected chi connectivity index (χ3v) is 8.93. The Morgan fingerprint density at radius 2 is 1.98 bits per heavy atom. The molecule has 3 aromatic rings. The number of amides is 1. The summed E-state index contributed by atoms with van der Waals surface area (Å²) in [5, 5.41) is 30.5. The summed E-state index contributed by atoms with van der Waals surface area (Å²) in [6.07, 6.45) is 1.34. The number of nitrogens with one attached hydrogen (secondary N) is 1. The number of ketones is 1. The standard InChI is InChI=1S/C27H19BrFN7O2S2/c28-15-6-9-19(29)17(10-15)23-18(12-31)25(32)36(20-2-1-3-21(37)24(20)23)26-34-35-27(40-26)39-13-22(38)33-16-7-4-14(11-30)5-8-16/h4-10,23H,1-3,13,32H2,(H,33,38). The smallest absolute Gasteiger partial charge is 0.234 e. The van der Waals surface area contributed by atoms with Crippen molar-refractivity contribution in [2.45, 2.75) is 29.5 Å². The molecular formula is C27H19BrFN7O2S2. The number of hydrogen-bond acceptors (Lipinski definition) is 10. The van der Waals surface area contributed by atoms with Crippen molar-refractivity contribution in [2.75, 3.05) is 16.0 Å². The van der Waals surface area contributed by atoms with Crippen LogP contribution in [0.1, 0.15) is 36.3 Å². The van der Waals surface area contributed by atoms with Crippen LogP contribution in [0.3, 0.4) is 0 Å². The van der Waals surface area contributed by atoms with E-state index in [1.807, 2.05) is 6.07 Å². The minimum Gasteiger partial charge on any atom is -0.384 e. The fourth-order valence-corrected chi connectivity index (χ4v) is 6.71. The van der Waals surface area contributed by atoms with Gasteiger partial charge < -0.3 is 11.1 Å². The predicted octanol–water partition coefficient (Wildman–Crippen LogP) is 5.35. The van der Waals surface area contributed by atoms with E-state index in [0.717, 1.165) is 0 Å². The second-order valence-electron chi connectivity index (χ2n) is 8.86. The summed E-state index contributed by atoms with van der Waals surface area (Å²) < 4.78 is 16.1. The number of halogens is 2. The van der Waals surface area contributed by atoms with E-state index >= 15 is 4.39 Å². The highest BCUT2D eigenvalue weighted by atomic mass is 79.9. The zero-order valence-corrected chi connectivity index (χ0v) is 23.9. The number of carbonyl (C=O) groups is 2. The summed E-state index contributed by atoms with van der Waals surface area (Å²) >= 11 is 5.70. The van der Waals surface area contributed by atoms with Crippen molar-refractivity contribution in [1.29, 1.82) is 10.5 Å². The molecule has 1 unspecified atom stereocenters. The van der Waals surface area contributed by atoms with Crippen LogP contribution in [0, 0.1) is 28.5 Å². The molecule has 0 saturated carbocycles. The van der Waals surface area contributed by atoms with Gasteiger partial charge in [0.2, 0.25) is 11.0 Å². The summed E-state index contributed by atoms with van der Waals surface area (Å²) in [6, 6.07) is 15.0. The van der Waals surface area contributed by atoms with Gasteiger partial charge in [0.1, 0.15) is 11.6 Å². The molecule has 1 aliphatic carbocycles. The Morgan fingerprint density at radius 1 is 1.20 bits per heavy atom. The number of thioether (sulfide) groups is 1. The van der Waals surface area contributed by atoms with E-state index in [1.165, 1.54) is 29.2 Å². The van der Waals surface area contributed by atoms with Crippen LogP contribution in [0.4, 0.5) is 15.2 Å². The number of carbonyl (C=O) groups excluding carboxylic acids is 2. The first-order valence-corrected chi connectivity index (χ1v) is 14.6. The van der Waals surface area contributed by atoms with Crippen molar-refractivity contribution in [3.63, 3.8) is 0 Å². The van der Waals surface area contributed by atoms with E-state index in [-0.39, 0.29) is 40.8 Å². The Labute approximate surface area is 245 Å². The lowest BCUT2D eigenvalue weighted by atomic mass is 9.75. The van der Waals surface area contributed by atoms with Gasteiger partial charge in [0, 0.05) is 33.4 Å². The molecule has 5 rings (SSSR count). The average molecular weight is 637 g/mol. The third kappa shape index (κ3) is 5.36. The van der Waals surface area contributed by atoms with Crippen LogP contribution < -0.4 is 16.0 Å². The molecule has 0 radical (unpaired) electrons. The molecule has 0 saturated heterocycles. The zero-order chi connectivity index (χ0) is 28.4. The molecule has 1 aromatic heterocycles. The molecule has 2 aromatic carbocycles. The topological polar surface area (TPSA) is 149 Å². The number of nitriles is 2. The van der Waals surface area contributed by atoms with Gasteiger partial charge in [0.25, 0.3) is 0 Å². The third-order valence-electron chi connectivity index (χ3n) is 6.39. The molecular weight excluding hydrogens is 617 g/mol. The SMILES string of the molecule is N#CC1=C(N)N(c2nnc(SCC(=O)Nc3ccc(C#N)cc3)s2)C2=C(C(=O)CCC2)C1c1cc(Br)ccc1F. The summed E-state index contributed by atoms with van der Waals surface area (Å²) in [6.45, 7) is 0. The van der Waals surface area contributed by atoms with Crippen LogP contribution in [-0.2, 0) is 9.59 Å². The van der Waals surface area contributed by atoms with Gasteiger partial charge in [-0.15, -0.1) is 10.2 Å². The van der Waals surface area contributed by atoms with Crippen molar-refractivity contribution < 1.29 is 14.0 Å². The number of rotatable bonds is 6. The van der Waals surface area contributed by atoms with E-state index in [2.05, 4.69) is 37.5 Å². The van der Waals surface area contributed by atoms with E-state index in [9.17, 15) is 14.9 Å². The molecule has 1 atom stereocenters. The molecule has 9 nitrogen and oxygen atoms in total. The van der Waals surface area contributed by atoms with Gasteiger partial charge in [0.05, 0.1) is 34.9 Å². The van der Waals surface area contributed by atoms with Crippen LogP contribution in [0.25, 0.3) is 0 Å². The first kappa shape index (κ1) is 27.5. The Morgan fingerprint density at radius 3 is 2.70 bits per heavy atom. The molecule has 0 spiro atoms. The minimum atomic E-state index is -0.936. The minimum absolute atomic E-state index is 0.0530. The van der Waals surface area contributed by atoms with Crippen LogP contribution in [-0.4, -0.2) is 27.6 Å². The number of aromatic nitrogens is 2. The van der Waals surface area contributed by atoms with Gasteiger partial charge in [-0.1, -0.05) is 39.0 Å². The lowest BCUT2D eigenvalue weighted by molar-refractivity contribution is -0.116. The van der Waals surface area contributed by atoms with Gasteiger partial charge in [-0.05, 0) is 55.3 Å². The Kier molecular flexibility index (Phi) is 7.98. The first-order valence-electron chi connectivity index (χ1n) is 12.0. The van der Waals surface area contributed by atoms with Crippen molar-refractivity contribution in [2.24, 2.45) is 5.73 Å². The molecule has 2 aliphatic rings. The second kappa shape index (κ2) is 11.6. The Bertz CT molecular complexity index is 1670. The number of anilines is 2. The van der Waals surface area contributed by atoms with Crippen molar-refractivity contribution >= 4 is 61.5 Å². The summed E-state index contributed by atoms with van der Waals surface area (Å²) in [5.74, 6) is -1.80. The van der Waals surface area contributed by atoms with E-state index in [0.29, 0.717) is 49.3 Å². The van der Waals surface area contributed by atoms with Crippen LogP contribution in [0.2, 0.25) is 0 Å². The Hall–Kier alpha value is -4.04. The maximum Gasteiger partial charge on any atom is 0.234 e. The van der Waals surface area contributed by atoms with E-state index in [4.69, 9.17) is 11.0 Å². The van der Waals surface area contributed by atoms with Crippen LogP contribution >= 0.6 is 39.0 Å². The number of nitrogens with two attached hydrogens (primary N) is 1. The van der Waals surface area contributed by atoms with Crippen LogP contribution in [0.15, 0.2) is 73.9 Å². The van der Waals surface area contributed by atoms with Gasteiger partial charge in [-0.3, -0.25) is 14.5 Å². The Balaban J connectivity index is 1.42. The van der Waals surface area contributed by atoms with E-state index in [1.54, 1.807) is 41.3 Å². The molecule has 13 heteroatoms. The fraction of sp³-hybridized carbons (Fsp3) is 0.185. The maximum atomic E-state index is 15.0. The molecule has 200 valence electrons. The molecule has 2 heterocycles. The highest BCUT2D eigenvalue weighted by molar-refractivity contribution is 9.10. The number of Topliss-reactive ketones (excluding diaryl/α,β-unsaturated/α-hetero) is 1. The van der Waals surface area contributed by atoms with Gasteiger partial charge in [-0.2, -0.15) is 10.5 Å². The highest BCUT2D eigenvalue weighted by Crippen LogP contribution is 2.47. The van der Waals surface area contributed by atoms with E-state index < -0.39 is 11.7 Å². The molecule has 0 fully saturated rings. The fourth-order valence-electron chi connectivity index (χ4n) is 4.66. The van der Waals surface area contributed by atoms with Gasteiger partial charge in [0.15, 0.2) is 10.1 Å². The van der Waals surface area contributed by atoms with Crippen molar-refractivity contribution in [3.05, 3.63) is 86.5 Å². The number of benzene rings is 2. The number of hydrogen-bond donors (Lipinski definition) is 2. The van der Waals surface area contributed by atoms with Crippen LogP contribution in [0.5, 0.6) is 0 Å².